The quantitative estimate of drug-likeness (QED) is 0.852. The van der Waals surface area contributed by atoms with Gasteiger partial charge in [-0.1, -0.05) is 12.1 Å². The SMILES string of the molecule is Nc1ccccc1N1CCN(c2ccc(F)cc2)CC1. The highest BCUT2D eigenvalue weighted by Gasteiger charge is 2.18. The average molecular weight is 271 g/mol. The zero-order chi connectivity index (χ0) is 13.9. The number of nitrogens with zero attached hydrogens (tertiary/aromatic N) is 2. The molecule has 1 aliphatic rings. The molecule has 2 N–H and O–H groups in total. The van der Waals surface area contributed by atoms with Crippen molar-refractivity contribution in [3.8, 4) is 0 Å². The van der Waals surface area contributed by atoms with E-state index in [-0.39, 0.29) is 5.82 Å². The summed E-state index contributed by atoms with van der Waals surface area (Å²) in [6.45, 7) is 3.68. The van der Waals surface area contributed by atoms with Gasteiger partial charge in [-0.15, -0.1) is 0 Å². The molecule has 0 saturated carbocycles. The number of anilines is 3. The molecule has 20 heavy (non-hydrogen) atoms. The third kappa shape index (κ3) is 2.54. The molecule has 0 aromatic heterocycles. The lowest BCUT2D eigenvalue weighted by molar-refractivity contribution is 0.625. The molecule has 0 spiro atoms. The fraction of sp³-hybridized carbons (Fsp3) is 0.250. The molecule has 2 aromatic carbocycles. The minimum atomic E-state index is -0.190. The van der Waals surface area contributed by atoms with Crippen LogP contribution < -0.4 is 15.5 Å². The van der Waals surface area contributed by atoms with E-state index in [0.717, 1.165) is 43.2 Å². The predicted octanol–water partition coefficient (Wildman–Crippen LogP) is 2.73. The van der Waals surface area contributed by atoms with E-state index in [1.54, 1.807) is 0 Å². The van der Waals surface area contributed by atoms with Gasteiger partial charge in [-0.3, -0.25) is 0 Å². The van der Waals surface area contributed by atoms with E-state index in [9.17, 15) is 4.39 Å². The number of halogens is 1. The third-order valence-electron chi connectivity index (χ3n) is 3.75. The summed E-state index contributed by atoms with van der Waals surface area (Å²) in [6.07, 6.45) is 0. The first kappa shape index (κ1) is 12.8. The van der Waals surface area contributed by atoms with Crippen molar-refractivity contribution in [3.05, 3.63) is 54.3 Å². The summed E-state index contributed by atoms with van der Waals surface area (Å²) < 4.78 is 12.9. The summed E-state index contributed by atoms with van der Waals surface area (Å²) in [5, 5.41) is 0. The Balaban J connectivity index is 1.68. The summed E-state index contributed by atoms with van der Waals surface area (Å²) in [5.41, 5.74) is 9.02. The molecule has 1 aliphatic heterocycles. The number of para-hydroxylation sites is 2. The second-order valence-electron chi connectivity index (χ2n) is 5.01. The maximum atomic E-state index is 12.9. The minimum Gasteiger partial charge on any atom is -0.397 e. The van der Waals surface area contributed by atoms with Crippen molar-refractivity contribution in [2.45, 2.75) is 0 Å². The summed E-state index contributed by atoms with van der Waals surface area (Å²) >= 11 is 0. The van der Waals surface area contributed by atoms with Crippen LogP contribution in [0.4, 0.5) is 21.5 Å². The molecule has 1 saturated heterocycles. The lowest BCUT2D eigenvalue weighted by Gasteiger charge is -2.37. The van der Waals surface area contributed by atoms with Gasteiger partial charge in [-0.25, -0.2) is 4.39 Å². The predicted molar refractivity (Wildman–Crippen MR) is 81.7 cm³/mol. The number of nitrogen functional groups attached to an aromatic ring is 1. The Morgan fingerprint density at radius 1 is 0.800 bits per heavy atom. The van der Waals surface area contributed by atoms with Crippen LogP contribution in [0.15, 0.2) is 48.5 Å². The van der Waals surface area contributed by atoms with Crippen LogP contribution in [0.3, 0.4) is 0 Å². The van der Waals surface area contributed by atoms with Crippen molar-refractivity contribution in [1.82, 2.24) is 0 Å². The van der Waals surface area contributed by atoms with Gasteiger partial charge in [0.2, 0.25) is 0 Å². The van der Waals surface area contributed by atoms with E-state index in [1.165, 1.54) is 12.1 Å². The van der Waals surface area contributed by atoms with E-state index < -0.39 is 0 Å². The Hall–Kier alpha value is -2.23. The van der Waals surface area contributed by atoms with Gasteiger partial charge in [-0.05, 0) is 36.4 Å². The molecule has 1 heterocycles. The number of piperazine rings is 1. The Labute approximate surface area is 118 Å². The first-order valence-electron chi connectivity index (χ1n) is 6.84. The van der Waals surface area contributed by atoms with Crippen LogP contribution in [0.1, 0.15) is 0 Å². The van der Waals surface area contributed by atoms with Crippen molar-refractivity contribution in [1.29, 1.82) is 0 Å². The molecule has 0 aliphatic carbocycles. The van der Waals surface area contributed by atoms with Gasteiger partial charge in [0.1, 0.15) is 5.82 Å². The Morgan fingerprint density at radius 3 is 2.05 bits per heavy atom. The van der Waals surface area contributed by atoms with Gasteiger partial charge in [0, 0.05) is 31.9 Å². The minimum absolute atomic E-state index is 0.190. The molecule has 2 aromatic rings. The van der Waals surface area contributed by atoms with Crippen LogP contribution in [-0.2, 0) is 0 Å². The van der Waals surface area contributed by atoms with Crippen molar-refractivity contribution in [3.63, 3.8) is 0 Å². The van der Waals surface area contributed by atoms with Crippen molar-refractivity contribution < 1.29 is 4.39 Å². The summed E-state index contributed by atoms with van der Waals surface area (Å²) in [6, 6.07) is 14.6. The zero-order valence-electron chi connectivity index (χ0n) is 11.3. The largest absolute Gasteiger partial charge is 0.397 e. The highest BCUT2D eigenvalue weighted by atomic mass is 19.1. The van der Waals surface area contributed by atoms with E-state index in [0.29, 0.717) is 0 Å². The second-order valence-corrected chi connectivity index (χ2v) is 5.01. The molecule has 0 bridgehead atoms. The van der Waals surface area contributed by atoms with Gasteiger partial charge in [0.15, 0.2) is 0 Å². The molecule has 4 heteroatoms. The molecular formula is C16H18FN3. The number of hydrogen-bond donors (Lipinski definition) is 1. The monoisotopic (exact) mass is 271 g/mol. The van der Waals surface area contributed by atoms with Crippen LogP contribution in [0.5, 0.6) is 0 Å². The molecule has 3 rings (SSSR count). The molecule has 104 valence electrons. The highest BCUT2D eigenvalue weighted by molar-refractivity contribution is 5.68. The smallest absolute Gasteiger partial charge is 0.123 e. The lowest BCUT2D eigenvalue weighted by Crippen LogP contribution is -2.46. The highest BCUT2D eigenvalue weighted by Crippen LogP contribution is 2.25. The van der Waals surface area contributed by atoms with Crippen LogP contribution >= 0.6 is 0 Å². The average Bonchev–Trinajstić information content (AvgIpc) is 2.49. The van der Waals surface area contributed by atoms with Crippen LogP contribution in [0.2, 0.25) is 0 Å². The topological polar surface area (TPSA) is 32.5 Å². The fourth-order valence-electron chi connectivity index (χ4n) is 2.63. The summed E-state index contributed by atoms with van der Waals surface area (Å²) in [7, 11) is 0. The number of hydrogen-bond acceptors (Lipinski definition) is 3. The number of nitrogens with two attached hydrogens (primary N) is 1. The molecule has 0 radical (unpaired) electrons. The van der Waals surface area contributed by atoms with Crippen LogP contribution in [-0.4, -0.2) is 26.2 Å². The van der Waals surface area contributed by atoms with E-state index in [4.69, 9.17) is 5.73 Å². The van der Waals surface area contributed by atoms with Gasteiger partial charge < -0.3 is 15.5 Å². The van der Waals surface area contributed by atoms with Crippen molar-refractivity contribution in [2.75, 3.05) is 41.7 Å². The number of benzene rings is 2. The normalized spacial score (nSPS) is 15.4. The lowest BCUT2D eigenvalue weighted by atomic mass is 10.2. The Morgan fingerprint density at radius 2 is 1.40 bits per heavy atom. The van der Waals surface area contributed by atoms with E-state index >= 15 is 0 Å². The Bertz CT molecular complexity index is 575. The molecule has 3 nitrogen and oxygen atoms in total. The molecule has 0 atom stereocenters. The third-order valence-corrected chi connectivity index (χ3v) is 3.75. The van der Waals surface area contributed by atoms with Gasteiger partial charge >= 0.3 is 0 Å². The van der Waals surface area contributed by atoms with Crippen LogP contribution in [0.25, 0.3) is 0 Å². The molecule has 0 amide bonds. The molecule has 0 unspecified atom stereocenters. The summed E-state index contributed by atoms with van der Waals surface area (Å²) in [5.74, 6) is -0.190. The van der Waals surface area contributed by atoms with Gasteiger partial charge in [0.05, 0.1) is 11.4 Å². The fourth-order valence-corrected chi connectivity index (χ4v) is 2.63. The maximum Gasteiger partial charge on any atom is 0.123 e. The Kier molecular flexibility index (Phi) is 3.46. The molecule has 1 fully saturated rings. The second kappa shape index (κ2) is 5.41. The van der Waals surface area contributed by atoms with Gasteiger partial charge in [0.25, 0.3) is 0 Å². The number of rotatable bonds is 2. The zero-order valence-corrected chi connectivity index (χ0v) is 11.3. The van der Waals surface area contributed by atoms with Gasteiger partial charge in [-0.2, -0.15) is 0 Å². The first-order chi connectivity index (χ1) is 9.74. The van der Waals surface area contributed by atoms with Crippen molar-refractivity contribution >= 4 is 17.1 Å². The molecular weight excluding hydrogens is 253 g/mol. The van der Waals surface area contributed by atoms with Crippen LogP contribution in [0, 0.1) is 5.82 Å². The standard InChI is InChI=1S/C16H18FN3/c17-13-5-7-14(8-6-13)19-9-11-20(12-10-19)16-4-2-1-3-15(16)18/h1-8H,9-12,18H2. The maximum absolute atomic E-state index is 12.9. The van der Waals surface area contributed by atoms with E-state index in [1.807, 2.05) is 30.3 Å². The first-order valence-corrected chi connectivity index (χ1v) is 6.84. The van der Waals surface area contributed by atoms with Crippen molar-refractivity contribution in [2.24, 2.45) is 0 Å². The summed E-state index contributed by atoms with van der Waals surface area (Å²) in [4.78, 5) is 4.57. The van der Waals surface area contributed by atoms with E-state index in [2.05, 4.69) is 15.9 Å².